The van der Waals surface area contributed by atoms with Crippen LogP contribution in [-0.4, -0.2) is 16.8 Å². The maximum atomic E-state index is 13.0. The predicted molar refractivity (Wildman–Crippen MR) is 122 cm³/mol. The number of ketones is 1. The van der Waals surface area contributed by atoms with Crippen LogP contribution in [-0.2, 0) is 11.2 Å². The number of benzene rings is 3. The zero-order valence-corrected chi connectivity index (χ0v) is 17.6. The van der Waals surface area contributed by atoms with Gasteiger partial charge in [-0.2, -0.15) is 0 Å². The van der Waals surface area contributed by atoms with Gasteiger partial charge in [-0.1, -0.05) is 66.7 Å². The van der Waals surface area contributed by atoms with Gasteiger partial charge in [0.15, 0.2) is 0 Å². The average Bonchev–Trinajstić information content (AvgIpc) is 2.76. The largest absolute Gasteiger partial charge is 0.298 e. The molecule has 0 saturated carbocycles. The highest BCUT2D eigenvalue weighted by Gasteiger charge is 2.19. The molecule has 0 heterocycles. The molecule has 1 atom stereocenters. The second-order valence-electron chi connectivity index (χ2n) is 6.68. The minimum Gasteiger partial charge on any atom is -0.298 e. The molecule has 0 aliphatic carbocycles. The maximum Gasteiger partial charge on any atom is 0.146 e. The van der Waals surface area contributed by atoms with Crippen LogP contribution in [0, 0.1) is 0 Å². The summed E-state index contributed by atoms with van der Waals surface area (Å²) in [6.45, 7) is 0. The van der Waals surface area contributed by atoms with Crippen molar-refractivity contribution in [2.24, 2.45) is 0 Å². The van der Waals surface area contributed by atoms with Crippen LogP contribution in [0.15, 0.2) is 101 Å². The van der Waals surface area contributed by atoms with Crippen molar-refractivity contribution in [3.63, 3.8) is 0 Å². The summed E-state index contributed by atoms with van der Waals surface area (Å²) in [5.41, 5.74) is 1.24. The lowest BCUT2D eigenvalue weighted by Crippen LogP contribution is -2.18. The van der Waals surface area contributed by atoms with Gasteiger partial charge in [-0.05, 0) is 54.8 Å². The van der Waals surface area contributed by atoms with E-state index in [1.165, 1.54) is 15.4 Å². The van der Waals surface area contributed by atoms with Crippen molar-refractivity contribution in [1.29, 1.82) is 0 Å². The highest BCUT2D eigenvalue weighted by molar-refractivity contribution is 8.00. The fourth-order valence-corrected chi connectivity index (χ4v) is 5.07. The molecular formula is C25H26OS2. The predicted octanol–water partition coefficient (Wildman–Crippen LogP) is 6.92. The van der Waals surface area contributed by atoms with Gasteiger partial charge in [0.05, 0.1) is 5.25 Å². The summed E-state index contributed by atoms with van der Waals surface area (Å²) in [7, 11) is 0. The lowest BCUT2D eigenvalue weighted by atomic mass is 10.0. The molecule has 144 valence electrons. The normalized spacial score (nSPS) is 11.9. The van der Waals surface area contributed by atoms with E-state index in [0.29, 0.717) is 12.2 Å². The third-order valence-corrected chi connectivity index (χ3v) is 6.93. The zero-order valence-electron chi connectivity index (χ0n) is 16.0. The Labute approximate surface area is 177 Å². The molecule has 28 heavy (non-hydrogen) atoms. The Kier molecular flexibility index (Phi) is 8.73. The first-order valence-corrected chi connectivity index (χ1v) is 11.6. The molecule has 3 heteroatoms. The van der Waals surface area contributed by atoms with E-state index in [0.717, 1.165) is 25.0 Å². The lowest BCUT2D eigenvalue weighted by Gasteiger charge is -2.16. The van der Waals surface area contributed by atoms with Gasteiger partial charge in [0.2, 0.25) is 0 Å². The van der Waals surface area contributed by atoms with Crippen molar-refractivity contribution < 1.29 is 4.79 Å². The van der Waals surface area contributed by atoms with E-state index >= 15 is 0 Å². The molecule has 3 aromatic carbocycles. The third kappa shape index (κ3) is 7.21. The Balaban J connectivity index is 1.53. The third-order valence-electron chi connectivity index (χ3n) is 4.51. The average molecular weight is 407 g/mol. The molecule has 0 aromatic heterocycles. The fraction of sp³-hybridized carbons (Fsp3) is 0.240. The second kappa shape index (κ2) is 11.8. The van der Waals surface area contributed by atoms with Gasteiger partial charge in [0, 0.05) is 16.2 Å². The fourth-order valence-electron chi connectivity index (χ4n) is 3.00. The number of hydrogen-bond acceptors (Lipinski definition) is 3. The van der Waals surface area contributed by atoms with Gasteiger partial charge in [-0.3, -0.25) is 4.79 Å². The quantitative estimate of drug-likeness (QED) is 0.254. The number of rotatable bonds is 11. The summed E-state index contributed by atoms with van der Waals surface area (Å²) in [5, 5.41) is 0.0301. The number of thioether (sulfide) groups is 2. The number of aryl methyl sites for hydroxylation is 1. The number of carbonyl (C=O) groups excluding carboxylic acids is 1. The van der Waals surface area contributed by atoms with Gasteiger partial charge in [0.25, 0.3) is 0 Å². The topological polar surface area (TPSA) is 17.1 Å². The SMILES string of the molecule is O=C(CCc1ccccc1)C(CCCSc1ccccc1)Sc1ccccc1. The van der Waals surface area contributed by atoms with Crippen LogP contribution in [0.4, 0.5) is 0 Å². The van der Waals surface area contributed by atoms with Gasteiger partial charge < -0.3 is 0 Å². The summed E-state index contributed by atoms with van der Waals surface area (Å²) in [4.78, 5) is 15.4. The standard InChI is InChI=1S/C25H26OS2/c26-24(19-18-21-11-4-1-5-12-21)25(28-23-15-8-3-9-16-23)17-10-20-27-22-13-6-2-7-14-22/h1-9,11-16,25H,10,17-20H2. The van der Waals surface area contributed by atoms with E-state index in [-0.39, 0.29) is 5.25 Å². The Morgan fingerprint density at radius 2 is 1.32 bits per heavy atom. The van der Waals surface area contributed by atoms with Crippen LogP contribution in [0.25, 0.3) is 0 Å². The van der Waals surface area contributed by atoms with Gasteiger partial charge in [-0.25, -0.2) is 0 Å². The van der Waals surface area contributed by atoms with Crippen LogP contribution in [0.1, 0.15) is 24.8 Å². The molecule has 0 bridgehead atoms. The first-order chi connectivity index (χ1) is 13.8. The molecule has 1 unspecified atom stereocenters. The van der Waals surface area contributed by atoms with Crippen LogP contribution in [0.2, 0.25) is 0 Å². The Morgan fingerprint density at radius 3 is 1.96 bits per heavy atom. The van der Waals surface area contributed by atoms with Crippen molar-refractivity contribution in [1.82, 2.24) is 0 Å². The number of carbonyl (C=O) groups is 1. The summed E-state index contributed by atoms with van der Waals surface area (Å²) in [6.07, 6.45) is 3.40. The van der Waals surface area contributed by atoms with E-state index < -0.39 is 0 Å². The minimum atomic E-state index is 0.0301. The molecule has 0 saturated heterocycles. The zero-order chi connectivity index (χ0) is 19.4. The summed E-state index contributed by atoms with van der Waals surface area (Å²) in [5.74, 6) is 1.41. The Hall–Kier alpha value is -1.97. The number of Topliss-reactive ketones (excluding diaryl/α,β-unsaturated/α-hetero) is 1. The second-order valence-corrected chi connectivity index (χ2v) is 9.12. The molecule has 0 fully saturated rings. The van der Waals surface area contributed by atoms with E-state index in [1.807, 2.05) is 54.2 Å². The molecule has 0 radical (unpaired) electrons. The van der Waals surface area contributed by atoms with Crippen LogP contribution < -0.4 is 0 Å². The Morgan fingerprint density at radius 1 is 0.750 bits per heavy atom. The summed E-state index contributed by atoms with van der Waals surface area (Å²) in [6, 6.07) is 31.1. The molecular weight excluding hydrogens is 380 g/mol. The monoisotopic (exact) mass is 406 g/mol. The number of hydrogen-bond donors (Lipinski definition) is 0. The van der Waals surface area contributed by atoms with Gasteiger partial charge in [-0.15, -0.1) is 23.5 Å². The Bertz CT molecular complexity index is 819. The highest BCUT2D eigenvalue weighted by Crippen LogP contribution is 2.29. The van der Waals surface area contributed by atoms with Gasteiger partial charge in [0.1, 0.15) is 5.78 Å². The van der Waals surface area contributed by atoms with E-state index in [4.69, 9.17) is 0 Å². The van der Waals surface area contributed by atoms with E-state index in [9.17, 15) is 4.79 Å². The molecule has 0 spiro atoms. The van der Waals surface area contributed by atoms with Crippen molar-refractivity contribution in [3.8, 4) is 0 Å². The smallest absolute Gasteiger partial charge is 0.146 e. The van der Waals surface area contributed by atoms with Crippen LogP contribution >= 0.6 is 23.5 Å². The maximum absolute atomic E-state index is 13.0. The first kappa shape index (κ1) is 20.8. The molecule has 0 N–H and O–H groups in total. The summed E-state index contributed by atoms with van der Waals surface area (Å²) < 4.78 is 0. The molecule has 3 rings (SSSR count). The molecule has 0 aliphatic heterocycles. The molecule has 0 amide bonds. The minimum absolute atomic E-state index is 0.0301. The van der Waals surface area contributed by atoms with Crippen molar-refractivity contribution in [3.05, 3.63) is 96.6 Å². The van der Waals surface area contributed by atoms with Crippen LogP contribution in [0.5, 0.6) is 0 Å². The highest BCUT2D eigenvalue weighted by atomic mass is 32.2. The molecule has 3 aromatic rings. The van der Waals surface area contributed by atoms with Crippen LogP contribution in [0.3, 0.4) is 0 Å². The summed E-state index contributed by atoms with van der Waals surface area (Å²) >= 11 is 3.59. The van der Waals surface area contributed by atoms with Crippen molar-refractivity contribution in [2.45, 2.75) is 40.7 Å². The first-order valence-electron chi connectivity index (χ1n) is 9.77. The molecule has 0 aliphatic rings. The van der Waals surface area contributed by atoms with E-state index in [1.54, 1.807) is 11.8 Å². The van der Waals surface area contributed by atoms with Crippen molar-refractivity contribution >= 4 is 29.3 Å². The van der Waals surface area contributed by atoms with E-state index in [2.05, 4.69) is 48.5 Å². The molecule has 1 nitrogen and oxygen atoms in total. The van der Waals surface area contributed by atoms with Crippen molar-refractivity contribution in [2.75, 3.05) is 5.75 Å². The van der Waals surface area contributed by atoms with Gasteiger partial charge >= 0.3 is 0 Å². The lowest BCUT2D eigenvalue weighted by molar-refractivity contribution is -0.118.